The highest BCUT2D eigenvalue weighted by Crippen LogP contribution is 2.44. The molecule has 1 aromatic carbocycles. The van der Waals surface area contributed by atoms with E-state index in [1.165, 1.54) is 0 Å². The quantitative estimate of drug-likeness (QED) is 0.345. The summed E-state index contributed by atoms with van der Waals surface area (Å²) in [6, 6.07) is 9.59. The number of halogens is 2. The van der Waals surface area contributed by atoms with Crippen molar-refractivity contribution in [3.63, 3.8) is 0 Å². The SMILES string of the molecule is COc1ccc(OC)c(C(c2c[nH]c3ncc(Cl)cc23)c2c[nH]c3ncc(Cl)cc23)c1. The summed E-state index contributed by atoms with van der Waals surface area (Å²) in [6.07, 6.45) is 7.16. The second-order valence-electron chi connectivity index (χ2n) is 7.13. The van der Waals surface area contributed by atoms with Crippen molar-refractivity contribution in [2.24, 2.45) is 0 Å². The first-order valence-electron chi connectivity index (χ1n) is 9.56. The van der Waals surface area contributed by atoms with Crippen molar-refractivity contribution in [3.05, 3.63) is 81.9 Å². The summed E-state index contributed by atoms with van der Waals surface area (Å²) in [7, 11) is 3.30. The van der Waals surface area contributed by atoms with Gasteiger partial charge in [0.05, 0.1) is 24.3 Å². The molecule has 5 aromatic rings. The maximum absolute atomic E-state index is 6.29. The molecule has 156 valence electrons. The minimum Gasteiger partial charge on any atom is -0.497 e. The van der Waals surface area contributed by atoms with Crippen LogP contribution in [-0.4, -0.2) is 34.2 Å². The number of nitrogens with one attached hydrogen (secondary N) is 2. The molecular weight excluding hydrogens is 435 g/mol. The van der Waals surface area contributed by atoms with Crippen LogP contribution in [0.2, 0.25) is 10.0 Å². The molecule has 0 bridgehead atoms. The fourth-order valence-corrected chi connectivity index (χ4v) is 4.36. The number of methoxy groups -OCH3 is 2. The van der Waals surface area contributed by atoms with Crippen molar-refractivity contribution in [3.8, 4) is 11.5 Å². The van der Waals surface area contributed by atoms with Gasteiger partial charge in [0.2, 0.25) is 0 Å². The normalized spacial score (nSPS) is 11.5. The molecule has 6 nitrogen and oxygen atoms in total. The average molecular weight is 453 g/mol. The number of hydrogen-bond acceptors (Lipinski definition) is 4. The Labute approximate surface area is 188 Å². The Morgan fingerprint density at radius 2 is 1.35 bits per heavy atom. The molecule has 2 N–H and O–H groups in total. The van der Waals surface area contributed by atoms with Gasteiger partial charge in [0.15, 0.2) is 0 Å². The molecule has 5 rings (SSSR count). The lowest BCUT2D eigenvalue weighted by Gasteiger charge is -2.21. The highest BCUT2D eigenvalue weighted by Gasteiger charge is 2.27. The number of fused-ring (bicyclic) bond motifs is 2. The Bertz CT molecular complexity index is 1330. The fourth-order valence-electron chi connectivity index (χ4n) is 4.04. The van der Waals surface area contributed by atoms with E-state index in [1.807, 2.05) is 42.7 Å². The predicted molar refractivity (Wildman–Crippen MR) is 123 cm³/mol. The Morgan fingerprint density at radius 3 is 1.87 bits per heavy atom. The lowest BCUT2D eigenvalue weighted by atomic mass is 9.84. The maximum Gasteiger partial charge on any atom is 0.137 e. The Hall–Kier alpha value is -3.22. The molecule has 8 heteroatoms. The summed E-state index contributed by atoms with van der Waals surface area (Å²) in [5.74, 6) is 1.24. The van der Waals surface area contributed by atoms with Gasteiger partial charge in [0.1, 0.15) is 22.8 Å². The summed E-state index contributed by atoms with van der Waals surface area (Å²) < 4.78 is 11.2. The topological polar surface area (TPSA) is 75.8 Å². The highest BCUT2D eigenvalue weighted by atomic mass is 35.5. The lowest BCUT2D eigenvalue weighted by molar-refractivity contribution is 0.398. The Balaban J connectivity index is 1.85. The summed E-state index contributed by atoms with van der Waals surface area (Å²) >= 11 is 12.6. The van der Waals surface area contributed by atoms with Crippen molar-refractivity contribution in [1.82, 2.24) is 19.9 Å². The second-order valence-corrected chi connectivity index (χ2v) is 8.00. The molecular formula is C23H18Cl2N4O2. The summed E-state index contributed by atoms with van der Waals surface area (Å²) in [4.78, 5) is 15.4. The smallest absolute Gasteiger partial charge is 0.137 e. The van der Waals surface area contributed by atoms with Gasteiger partial charge < -0.3 is 19.4 Å². The molecule has 0 amide bonds. The van der Waals surface area contributed by atoms with E-state index >= 15 is 0 Å². The first-order chi connectivity index (χ1) is 15.1. The standard InChI is InChI=1S/C23H18Cl2N4O2/c1-30-14-3-4-20(31-2)17(7-14)21(18-10-28-22-15(18)5-12(24)8-26-22)19-11-29-23-16(19)6-13(25)9-27-23/h3-11,21H,1-2H3,(H,26,28)(H,27,29). The molecule has 0 fully saturated rings. The molecule has 0 aliphatic heterocycles. The number of benzene rings is 1. The van der Waals surface area contributed by atoms with Crippen molar-refractivity contribution in [2.75, 3.05) is 14.2 Å². The van der Waals surface area contributed by atoms with Crippen LogP contribution in [0.3, 0.4) is 0 Å². The molecule has 31 heavy (non-hydrogen) atoms. The van der Waals surface area contributed by atoms with Gasteiger partial charge in [-0.15, -0.1) is 0 Å². The van der Waals surface area contributed by atoms with E-state index in [-0.39, 0.29) is 5.92 Å². The zero-order valence-corrected chi connectivity index (χ0v) is 18.3. The number of H-pyrrole nitrogens is 2. The lowest BCUT2D eigenvalue weighted by Crippen LogP contribution is -2.05. The summed E-state index contributed by atoms with van der Waals surface area (Å²) in [5.41, 5.74) is 4.43. The summed E-state index contributed by atoms with van der Waals surface area (Å²) in [5, 5.41) is 2.97. The van der Waals surface area contributed by atoms with Crippen LogP contribution in [0.5, 0.6) is 11.5 Å². The Kier molecular flexibility index (Phi) is 4.96. The van der Waals surface area contributed by atoms with Gasteiger partial charge >= 0.3 is 0 Å². The van der Waals surface area contributed by atoms with Crippen molar-refractivity contribution in [1.29, 1.82) is 0 Å². The van der Waals surface area contributed by atoms with Gasteiger partial charge in [0.25, 0.3) is 0 Å². The number of ether oxygens (including phenoxy) is 2. The molecule has 0 saturated heterocycles. The first-order valence-corrected chi connectivity index (χ1v) is 10.3. The fraction of sp³-hybridized carbons (Fsp3) is 0.130. The largest absolute Gasteiger partial charge is 0.497 e. The van der Waals surface area contributed by atoms with Crippen LogP contribution in [0, 0.1) is 0 Å². The molecule has 0 spiro atoms. The summed E-state index contributed by atoms with van der Waals surface area (Å²) in [6.45, 7) is 0. The van der Waals surface area contributed by atoms with Crippen LogP contribution in [-0.2, 0) is 0 Å². The molecule has 0 radical (unpaired) electrons. The minimum atomic E-state index is -0.229. The van der Waals surface area contributed by atoms with Crippen LogP contribution in [0.1, 0.15) is 22.6 Å². The third-order valence-corrected chi connectivity index (χ3v) is 5.84. The van der Waals surface area contributed by atoms with Gasteiger partial charge in [-0.3, -0.25) is 0 Å². The van der Waals surface area contributed by atoms with E-state index in [0.29, 0.717) is 10.0 Å². The van der Waals surface area contributed by atoms with Crippen LogP contribution in [0.4, 0.5) is 0 Å². The van der Waals surface area contributed by atoms with Gasteiger partial charge in [-0.1, -0.05) is 23.2 Å². The number of nitrogens with zero attached hydrogens (tertiary/aromatic N) is 2. The van der Waals surface area contributed by atoms with Crippen molar-refractivity contribution < 1.29 is 9.47 Å². The van der Waals surface area contributed by atoms with E-state index in [4.69, 9.17) is 32.7 Å². The molecule has 0 aliphatic carbocycles. The molecule has 4 heterocycles. The highest BCUT2D eigenvalue weighted by molar-refractivity contribution is 6.31. The van der Waals surface area contributed by atoms with E-state index < -0.39 is 0 Å². The van der Waals surface area contributed by atoms with Gasteiger partial charge in [-0.05, 0) is 41.5 Å². The van der Waals surface area contributed by atoms with Crippen LogP contribution in [0.15, 0.2) is 55.1 Å². The second kappa shape index (κ2) is 7.80. The first kappa shape index (κ1) is 19.7. The van der Waals surface area contributed by atoms with Crippen molar-refractivity contribution in [2.45, 2.75) is 5.92 Å². The van der Waals surface area contributed by atoms with Crippen LogP contribution < -0.4 is 9.47 Å². The van der Waals surface area contributed by atoms with Crippen LogP contribution in [0.25, 0.3) is 22.1 Å². The van der Waals surface area contributed by atoms with E-state index in [9.17, 15) is 0 Å². The van der Waals surface area contributed by atoms with Crippen molar-refractivity contribution >= 4 is 45.3 Å². The van der Waals surface area contributed by atoms with E-state index in [1.54, 1.807) is 26.6 Å². The molecule has 0 unspecified atom stereocenters. The third-order valence-electron chi connectivity index (χ3n) is 5.43. The van der Waals surface area contributed by atoms with Gasteiger partial charge in [-0.25, -0.2) is 9.97 Å². The number of hydrogen-bond donors (Lipinski definition) is 2. The predicted octanol–water partition coefficient (Wildman–Crippen LogP) is 5.94. The molecule has 0 saturated carbocycles. The number of aromatic nitrogens is 4. The number of pyridine rings is 2. The monoisotopic (exact) mass is 452 g/mol. The zero-order valence-electron chi connectivity index (χ0n) is 16.7. The minimum absolute atomic E-state index is 0.229. The Morgan fingerprint density at radius 1 is 0.774 bits per heavy atom. The average Bonchev–Trinajstić information content (AvgIpc) is 3.38. The zero-order chi connectivity index (χ0) is 21.5. The van der Waals surface area contributed by atoms with Crippen LogP contribution >= 0.6 is 23.2 Å². The van der Waals surface area contributed by atoms with E-state index in [2.05, 4.69) is 19.9 Å². The molecule has 0 atom stereocenters. The third kappa shape index (κ3) is 3.38. The van der Waals surface area contributed by atoms with Gasteiger partial charge in [0, 0.05) is 47.0 Å². The van der Waals surface area contributed by atoms with Gasteiger partial charge in [-0.2, -0.15) is 0 Å². The maximum atomic E-state index is 6.29. The van der Waals surface area contributed by atoms with E-state index in [0.717, 1.165) is 50.3 Å². The number of aromatic amines is 2. The molecule has 4 aromatic heterocycles. The molecule has 0 aliphatic rings. The number of rotatable bonds is 5.